The summed E-state index contributed by atoms with van der Waals surface area (Å²) in [6.07, 6.45) is 3.06. The Morgan fingerprint density at radius 2 is 0.897 bits per heavy atom. The Morgan fingerprint density at radius 3 is 1.14 bits per heavy atom. The van der Waals surface area contributed by atoms with Crippen molar-refractivity contribution in [1.82, 2.24) is 0 Å². The van der Waals surface area contributed by atoms with E-state index in [-0.39, 0.29) is 24.2 Å². The van der Waals surface area contributed by atoms with Crippen LogP contribution in [0.25, 0.3) is 0 Å². The number of hydrogen-bond donors (Lipinski definition) is 0. The molecule has 0 radical (unpaired) electrons. The smallest absolute Gasteiger partial charge is 0.463 e. The van der Waals surface area contributed by atoms with Gasteiger partial charge in [-0.15, -0.1) is 0 Å². The Balaban J connectivity index is 0. The van der Waals surface area contributed by atoms with Gasteiger partial charge in [-0.25, -0.2) is 9.59 Å². The Kier molecular flexibility index (Phi) is 17.6. The normalized spacial score (nSPS) is 11.9. The third kappa shape index (κ3) is 11.8. The van der Waals surface area contributed by atoms with Gasteiger partial charge < -0.3 is 36.0 Å². The second-order valence-corrected chi connectivity index (χ2v) is 11.6. The molecule has 172 valence electrons. The summed E-state index contributed by atoms with van der Waals surface area (Å²) in [6.45, 7) is 0.307. The number of ether oxygens (including phenoxy) is 2. The molecule has 0 saturated heterocycles. The zero-order valence-electron chi connectivity index (χ0n) is 17.5. The molecule has 0 saturated carbocycles. The van der Waals surface area contributed by atoms with Gasteiger partial charge in [0.2, 0.25) is 0 Å². The predicted octanol–water partition coefficient (Wildman–Crippen LogP) is -0.286. The van der Waals surface area contributed by atoms with Crippen LogP contribution in [-0.4, -0.2) is 96.4 Å². The number of carbonyl (C=O) groups excluding carboxylic acids is 2. The largest absolute Gasteiger partial charge is 0.500 e. The molecule has 0 aliphatic carbocycles. The lowest BCUT2D eigenvalue weighted by atomic mass is 10.4. The summed E-state index contributed by atoms with van der Waals surface area (Å²) >= 11 is 0. The van der Waals surface area contributed by atoms with Gasteiger partial charge in [0.1, 0.15) is 0 Å². The molecule has 0 unspecified atom stereocenters. The lowest BCUT2D eigenvalue weighted by Crippen LogP contribution is -2.42. The highest BCUT2D eigenvalue weighted by Crippen LogP contribution is 2.15. The van der Waals surface area contributed by atoms with Gasteiger partial charge in [-0.05, 0) is 23.8 Å². The first-order valence-corrected chi connectivity index (χ1v) is 12.5. The summed E-state index contributed by atoms with van der Waals surface area (Å²) < 4.78 is 41.6. The zero-order valence-corrected chi connectivity index (χ0v) is 19.5. The van der Waals surface area contributed by atoms with Crippen molar-refractivity contribution in [3.63, 3.8) is 0 Å². The van der Waals surface area contributed by atoms with E-state index >= 15 is 0 Å². The SMILES string of the molecule is CO[Si](CCCOC(=O)/C=C\C(=O)OCCC[Si](OC)(OC)OC)(OC)OC.[SiH4]. The van der Waals surface area contributed by atoms with Gasteiger partial charge in [0.15, 0.2) is 0 Å². The number of carbonyl (C=O) groups is 2. The van der Waals surface area contributed by atoms with Crippen LogP contribution >= 0.6 is 0 Å². The average Bonchev–Trinajstić information content (AvgIpc) is 2.73. The van der Waals surface area contributed by atoms with Crippen molar-refractivity contribution >= 4 is 40.5 Å². The molecule has 29 heavy (non-hydrogen) atoms. The number of esters is 2. The molecule has 0 heterocycles. The van der Waals surface area contributed by atoms with Crippen molar-refractivity contribution in [3.05, 3.63) is 12.2 Å². The topological polar surface area (TPSA) is 108 Å². The summed E-state index contributed by atoms with van der Waals surface area (Å²) in [5, 5.41) is 0. The van der Waals surface area contributed by atoms with E-state index in [0.29, 0.717) is 24.9 Å². The summed E-state index contributed by atoms with van der Waals surface area (Å²) in [4.78, 5) is 23.2. The van der Waals surface area contributed by atoms with Crippen molar-refractivity contribution in [2.45, 2.75) is 24.9 Å². The van der Waals surface area contributed by atoms with Crippen LogP contribution in [0, 0.1) is 0 Å². The molecule has 0 atom stereocenters. The standard InChI is InChI=1S/C16H32O10Si2.H4Si/c1-19-27(20-2,21-3)13-7-11-25-15(17)9-10-16(18)26-12-8-14-28(22-4,23-5)24-6;/h9-10H,7-8,11-14H2,1-6H3;1H4/b10-9-;. The minimum atomic E-state index is -2.67. The fourth-order valence-corrected chi connectivity index (χ4v) is 5.65. The van der Waals surface area contributed by atoms with E-state index in [4.69, 9.17) is 36.0 Å². The number of hydrogen-bond acceptors (Lipinski definition) is 10. The van der Waals surface area contributed by atoms with E-state index in [1.807, 2.05) is 0 Å². The lowest BCUT2D eigenvalue weighted by molar-refractivity contribution is -0.140. The van der Waals surface area contributed by atoms with Crippen molar-refractivity contribution < 1.29 is 45.6 Å². The van der Waals surface area contributed by atoms with Gasteiger partial charge in [0.25, 0.3) is 0 Å². The third-order valence-electron chi connectivity index (χ3n) is 3.96. The zero-order chi connectivity index (χ0) is 21.5. The van der Waals surface area contributed by atoms with E-state index in [2.05, 4.69) is 0 Å². The molecule has 0 aliphatic rings. The maximum Gasteiger partial charge on any atom is 0.500 e. The molecule has 0 aromatic carbocycles. The van der Waals surface area contributed by atoms with E-state index in [9.17, 15) is 9.59 Å². The Morgan fingerprint density at radius 1 is 0.621 bits per heavy atom. The van der Waals surface area contributed by atoms with Crippen LogP contribution in [0.15, 0.2) is 12.2 Å². The lowest BCUT2D eigenvalue weighted by Gasteiger charge is -2.24. The molecule has 0 N–H and O–H groups in total. The molecule has 0 aliphatic heterocycles. The molecular formula is C16H36O10Si3. The van der Waals surface area contributed by atoms with Crippen molar-refractivity contribution in [1.29, 1.82) is 0 Å². The van der Waals surface area contributed by atoms with Gasteiger partial charge in [-0.2, -0.15) is 0 Å². The second kappa shape index (κ2) is 16.8. The highest BCUT2D eigenvalue weighted by atomic mass is 28.4. The van der Waals surface area contributed by atoms with Crippen LogP contribution in [0.5, 0.6) is 0 Å². The summed E-state index contributed by atoms with van der Waals surface area (Å²) in [5.41, 5.74) is 0. The Bertz CT molecular complexity index is 423. The second-order valence-electron chi connectivity index (χ2n) is 5.47. The molecule has 0 fully saturated rings. The molecular weight excluding hydrogens is 436 g/mol. The summed E-state index contributed by atoms with van der Waals surface area (Å²) in [5.74, 6) is -1.28. The van der Waals surface area contributed by atoms with Crippen molar-refractivity contribution in [3.8, 4) is 0 Å². The van der Waals surface area contributed by atoms with E-state index < -0.39 is 29.5 Å². The van der Waals surface area contributed by atoms with Crippen LogP contribution in [0.3, 0.4) is 0 Å². The van der Waals surface area contributed by atoms with Gasteiger partial charge in [0.05, 0.1) is 13.2 Å². The minimum absolute atomic E-state index is 0. The maximum absolute atomic E-state index is 11.6. The van der Waals surface area contributed by atoms with Crippen LogP contribution in [0.4, 0.5) is 0 Å². The number of rotatable bonds is 16. The van der Waals surface area contributed by atoms with Gasteiger partial charge in [0, 0.05) is 66.9 Å². The molecule has 0 aromatic rings. The molecule has 10 nitrogen and oxygen atoms in total. The molecule has 0 bridgehead atoms. The highest BCUT2D eigenvalue weighted by molar-refractivity contribution is 6.60. The van der Waals surface area contributed by atoms with Crippen LogP contribution in [-0.2, 0) is 45.6 Å². The predicted molar refractivity (Wildman–Crippen MR) is 115 cm³/mol. The van der Waals surface area contributed by atoms with E-state index in [1.165, 1.54) is 42.7 Å². The fraction of sp³-hybridized carbons (Fsp3) is 0.750. The van der Waals surface area contributed by atoms with Gasteiger partial charge in [-0.3, -0.25) is 0 Å². The van der Waals surface area contributed by atoms with E-state index in [1.54, 1.807) is 0 Å². The molecule has 0 aromatic heterocycles. The average molecular weight is 473 g/mol. The molecule has 0 amide bonds. The van der Waals surface area contributed by atoms with Gasteiger partial charge in [-0.1, -0.05) is 0 Å². The summed E-state index contributed by atoms with van der Waals surface area (Å²) in [6, 6.07) is 1.01. The highest BCUT2D eigenvalue weighted by Gasteiger charge is 2.37. The van der Waals surface area contributed by atoms with Crippen molar-refractivity contribution in [2.75, 3.05) is 55.9 Å². The van der Waals surface area contributed by atoms with Crippen LogP contribution in [0.2, 0.25) is 12.1 Å². The molecule has 13 heteroatoms. The Hall–Kier alpha value is -0.909. The van der Waals surface area contributed by atoms with Crippen LogP contribution in [0.1, 0.15) is 12.8 Å². The third-order valence-corrected chi connectivity index (χ3v) is 9.63. The first kappa shape index (κ1) is 30.3. The molecule has 0 rings (SSSR count). The van der Waals surface area contributed by atoms with E-state index in [0.717, 1.165) is 12.2 Å². The van der Waals surface area contributed by atoms with Crippen LogP contribution < -0.4 is 0 Å². The minimum Gasteiger partial charge on any atom is -0.463 e. The fourth-order valence-electron chi connectivity index (χ4n) is 2.27. The molecule has 0 spiro atoms. The summed E-state index contributed by atoms with van der Waals surface area (Å²) in [7, 11) is 3.74. The monoisotopic (exact) mass is 472 g/mol. The van der Waals surface area contributed by atoms with Crippen molar-refractivity contribution in [2.24, 2.45) is 0 Å². The Labute approximate surface area is 179 Å². The first-order valence-electron chi connectivity index (χ1n) is 8.69. The quantitative estimate of drug-likeness (QED) is 0.129. The first-order chi connectivity index (χ1) is 13.4. The maximum atomic E-state index is 11.6. The van der Waals surface area contributed by atoms with Gasteiger partial charge >= 0.3 is 29.5 Å².